The van der Waals surface area contributed by atoms with Crippen LogP contribution in [0.1, 0.15) is 12.0 Å². The van der Waals surface area contributed by atoms with Crippen molar-refractivity contribution in [3.63, 3.8) is 0 Å². The highest BCUT2D eigenvalue weighted by Crippen LogP contribution is 2.36. The maximum Gasteiger partial charge on any atom is 0.322 e. The summed E-state index contributed by atoms with van der Waals surface area (Å²) >= 11 is 6.50. The SMILES string of the molecule is COc1cc2ncnc(Nc3ccc(OCc4cccc(F)c4)c(Cl)c3)c2cc1NC(=O)N1C[C@H]2CCN(C)[C@H]2C1. The number of carbonyl (C=O) groups excluding carboxylic acids is 1. The summed E-state index contributed by atoms with van der Waals surface area (Å²) in [6.07, 6.45) is 2.57. The molecule has 0 radical (unpaired) electrons. The Labute approximate surface area is 242 Å². The van der Waals surface area contributed by atoms with Crippen LogP contribution in [0.15, 0.2) is 60.9 Å². The number of hydrogen-bond donors (Lipinski definition) is 2. The maximum absolute atomic E-state index is 13.5. The van der Waals surface area contributed by atoms with Gasteiger partial charge in [0.05, 0.1) is 23.3 Å². The number of anilines is 3. The predicted octanol–water partition coefficient (Wildman–Crippen LogP) is 5.92. The normalized spacial score (nSPS) is 18.4. The van der Waals surface area contributed by atoms with Gasteiger partial charge >= 0.3 is 6.03 Å². The number of ether oxygens (including phenoxy) is 2. The van der Waals surface area contributed by atoms with Gasteiger partial charge < -0.3 is 29.9 Å². The minimum Gasteiger partial charge on any atom is -0.494 e. The molecule has 0 bridgehead atoms. The molecular formula is C30H30ClFN6O3. The third-order valence-electron chi connectivity index (χ3n) is 7.79. The smallest absolute Gasteiger partial charge is 0.322 e. The van der Waals surface area contributed by atoms with Gasteiger partial charge in [0.15, 0.2) is 0 Å². The number of amides is 2. The molecule has 2 aliphatic rings. The van der Waals surface area contributed by atoms with Gasteiger partial charge in [0.1, 0.15) is 36.1 Å². The van der Waals surface area contributed by atoms with Gasteiger partial charge in [-0.2, -0.15) is 0 Å². The van der Waals surface area contributed by atoms with E-state index in [1.807, 2.05) is 17.0 Å². The molecule has 2 fully saturated rings. The molecule has 0 unspecified atom stereocenters. The predicted molar refractivity (Wildman–Crippen MR) is 157 cm³/mol. The fourth-order valence-corrected chi connectivity index (χ4v) is 5.84. The highest BCUT2D eigenvalue weighted by molar-refractivity contribution is 6.32. The van der Waals surface area contributed by atoms with E-state index in [0.29, 0.717) is 68.7 Å². The first-order valence-electron chi connectivity index (χ1n) is 13.4. The Hall–Kier alpha value is -4.15. The lowest BCUT2D eigenvalue weighted by atomic mass is 10.1. The maximum atomic E-state index is 13.5. The number of aromatic nitrogens is 2. The topological polar surface area (TPSA) is 91.8 Å². The van der Waals surface area contributed by atoms with Crippen LogP contribution in [0.4, 0.5) is 26.4 Å². The number of fused-ring (bicyclic) bond motifs is 2. The van der Waals surface area contributed by atoms with E-state index in [2.05, 4.69) is 32.5 Å². The third kappa shape index (κ3) is 5.71. The molecule has 2 amide bonds. The molecule has 11 heteroatoms. The summed E-state index contributed by atoms with van der Waals surface area (Å²) in [5, 5.41) is 7.42. The van der Waals surface area contributed by atoms with Crippen molar-refractivity contribution in [3.05, 3.63) is 77.3 Å². The molecule has 2 atom stereocenters. The molecule has 0 aliphatic carbocycles. The summed E-state index contributed by atoms with van der Waals surface area (Å²) < 4.78 is 24.8. The van der Waals surface area contributed by atoms with E-state index in [4.69, 9.17) is 21.1 Å². The number of likely N-dealkylation sites (tertiary alicyclic amines) is 2. The van der Waals surface area contributed by atoms with Crippen LogP contribution in [0.5, 0.6) is 11.5 Å². The molecule has 41 heavy (non-hydrogen) atoms. The van der Waals surface area contributed by atoms with E-state index >= 15 is 0 Å². The van der Waals surface area contributed by atoms with Crippen LogP contribution in [0.2, 0.25) is 5.02 Å². The van der Waals surface area contributed by atoms with Crippen molar-refractivity contribution >= 4 is 45.7 Å². The summed E-state index contributed by atoms with van der Waals surface area (Å²) in [7, 11) is 3.68. The quantitative estimate of drug-likeness (QED) is 0.282. The van der Waals surface area contributed by atoms with Crippen LogP contribution in [-0.2, 0) is 6.61 Å². The Morgan fingerprint density at radius 3 is 2.78 bits per heavy atom. The lowest BCUT2D eigenvalue weighted by molar-refractivity contribution is 0.213. The largest absolute Gasteiger partial charge is 0.494 e. The van der Waals surface area contributed by atoms with Gasteiger partial charge in [-0.3, -0.25) is 0 Å². The second-order valence-corrected chi connectivity index (χ2v) is 10.8. The first-order chi connectivity index (χ1) is 19.9. The second-order valence-electron chi connectivity index (χ2n) is 10.4. The Kier molecular flexibility index (Phi) is 7.51. The van der Waals surface area contributed by atoms with Gasteiger partial charge in [0, 0.05) is 36.3 Å². The fourth-order valence-electron chi connectivity index (χ4n) is 5.60. The summed E-state index contributed by atoms with van der Waals surface area (Å²) in [6.45, 7) is 2.72. The fraction of sp³-hybridized carbons (Fsp3) is 0.300. The summed E-state index contributed by atoms with van der Waals surface area (Å²) in [4.78, 5) is 26.2. The molecule has 4 aromatic rings. The number of urea groups is 1. The Balaban J connectivity index is 1.20. The van der Waals surface area contributed by atoms with Crippen molar-refractivity contribution < 1.29 is 18.7 Å². The van der Waals surface area contributed by atoms with Crippen LogP contribution in [0, 0.1) is 11.7 Å². The molecule has 2 N–H and O–H groups in total. The average molecular weight is 577 g/mol. The second kappa shape index (κ2) is 11.4. The minimum absolute atomic E-state index is 0.155. The molecule has 2 aliphatic heterocycles. The summed E-state index contributed by atoms with van der Waals surface area (Å²) in [5.74, 6) is 1.71. The van der Waals surface area contributed by atoms with E-state index in [9.17, 15) is 9.18 Å². The standard InChI is InChI=1S/C30H30ClFN6O3/c1-37-9-8-19-14-38(15-26(19)37)30(39)36-25-12-22-24(13-28(25)40-2)33-17-34-29(22)35-21-6-7-27(23(31)11-21)41-16-18-4-3-5-20(32)10-18/h3-7,10-13,17,19,26H,8-9,14-16H2,1-2H3,(H,36,39)(H,33,34,35)/t19-,26+/m1/s1. The van der Waals surface area contributed by atoms with Gasteiger partial charge in [0.2, 0.25) is 0 Å². The lowest BCUT2D eigenvalue weighted by Crippen LogP contribution is -2.37. The number of halogens is 2. The van der Waals surface area contributed by atoms with E-state index in [1.165, 1.54) is 18.5 Å². The van der Waals surface area contributed by atoms with E-state index in [1.54, 1.807) is 37.4 Å². The number of nitrogens with zero attached hydrogens (tertiary/aromatic N) is 4. The van der Waals surface area contributed by atoms with Crippen LogP contribution < -0.4 is 20.1 Å². The molecule has 3 aromatic carbocycles. The molecule has 9 nitrogen and oxygen atoms in total. The van der Waals surface area contributed by atoms with Crippen molar-refractivity contribution in [1.29, 1.82) is 0 Å². The average Bonchev–Trinajstić information content (AvgIpc) is 3.54. The van der Waals surface area contributed by atoms with E-state index in [-0.39, 0.29) is 18.5 Å². The van der Waals surface area contributed by atoms with E-state index < -0.39 is 0 Å². The molecular weight excluding hydrogens is 547 g/mol. The monoisotopic (exact) mass is 576 g/mol. The molecule has 212 valence electrons. The number of hydrogen-bond acceptors (Lipinski definition) is 7. The molecule has 0 saturated carbocycles. The van der Waals surface area contributed by atoms with Crippen molar-refractivity contribution in [2.75, 3.05) is 44.4 Å². The highest BCUT2D eigenvalue weighted by atomic mass is 35.5. The number of nitrogens with one attached hydrogen (secondary N) is 2. The summed E-state index contributed by atoms with van der Waals surface area (Å²) in [6, 6.07) is 15.4. The Morgan fingerprint density at radius 1 is 1.12 bits per heavy atom. The Bertz CT molecular complexity index is 1600. The van der Waals surface area contributed by atoms with Crippen LogP contribution >= 0.6 is 11.6 Å². The van der Waals surface area contributed by atoms with Crippen molar-refractivity contribution in [3.8, 4) is 11.5 Å². The summed E-state index contributed by atoms with van der Waals surface area (Å²) in [5.41, 5.74) is 2.57. The van der Waals surface area contributed by atoms with Crippen LogP contribution in [-0.4, -0.2) is 65.6 Å². The highest BCUT2D eigenvalue weighted by Gasteiger charge is 2.41. The number of methoxy groups -OCH3 is 1. The van der Waals surface area contributed by atoms with Gasteiger partial charge in [-0.1, -0.05) is 23.7 Å². The van der Waals surface area contributed by atoms with Gasteiger partial charge in [-0.25, -0.2) is 19.2 Å². The molecule has 3 heterocycles. The number of likely N-dealkylation sites (N-methyl/N-ethyl adjacent to an activating group) is 1. The zero-order chi connectivity index (χ0) is 28.5. The van der Waals surface area contributed by atoms with Crippen LogP contribution in [0.3, 0.4) is 0 Å². The molecule has 2 saturated heterocycles. The zero-order valence-corrected chi connectivity index (χ0v) is 23.5. The van der Waals surface area contributed by atoms with Gasteiger partial charge in [-0.05, 0) is 67.9 Å². The third-order valence-corrected chi connectivity index (χ3v) is 8.08. The number of benzene rings is 3. The molecule has 0 spiro atoms. The van der Waals surface area contributed by atoms with Crippen molar-refractivity contribution in [1.82, 2.24) is 19.8 Å². The zero-order valence-electron chi connectivity index (χ0n) is 22.7. The number of carbonyl (C=O) groups is 1. The van der Waals surface area contributed by atoms with Crippen molar-refractivity contribution in [2.45, 2.75) is 19.1 Å². The van der Waals surface area contributed by atoms with Gasteiger partial charge in [-0.15, -0.1) is 0 Å². The molecule has 1 aromatic heterocycles. The molecule has 6 rings (SSSR count). The van der Waals surface area contributed by atoms with Gasteiger partial charge in [0.25, 0.3) is 0 Å². The van der Waals surface area contributed by atoms with Crippen LogP contribution in [0.25, 0.3) is 10.9 Å². The van der Waals surface area contributed by atoms with E-state index in [0.717, 1.165) is 19.5 Å². The first kappa shape index (κ1) is 27.0. The first-order valence-corrected chi connectivity index (χ1v) is 13.8. The Morgan fingerprint density at radius 2 is 2.00 bits per heavy atom. The number of rotatable bonds is 7. The lowest BCUT2D eigenvalue weighted by Gasteiger charge is -2.22. The minimum atomic E-state index is -0.319. The van der Waals surface area contributed by atoms with Crippen molar-refractivity contribution in [2.24, 2.45) is 5.92 Å².